The lowest BCUT2D eigenvalue weighted by molar-refractivity contribution is 0.602. The number of hydrogen-bond donors (Lipinski definition) is 2. The Morgan fingerprint density at radius 2 is 1.81 bits per heavy atom. The summed E-state index contributed by atoms with van der Waals surface area (Å²) in [7, 11) is -3.25. The molecular weight excluding hydrogens is 224 g/mol. The first kappa shape index (κ1) is 10.8. The van der Waals surface area contributed by atoms with Crippen LogP contribution >= 0.6 is 0 Å². The summed E-state index contributed by atoms with van der Waals surface area (Å²) in [6.45, 7) is 0. The highest BCUT2D eigenvalue weighted by molar-refractivity contribution is 7.90. The summed E-state index contributed by atoms with van der Waals surface area (Å²) >= 11 is 0. The van der Waals surface area contributed by atoms with Crippen molar-refractivity contribution in [2.24, 2.45) is 0 Å². The molecule has 0 amide bonds. The van der Waals surface area contributed by atoms with Crippen molar-refractivity contribution in [2.75, 3.05) is 12.0 Å². The van der Waals surface area contributed by atoms with Crippen LogP contribution in [0.2, 0.25) is 0 Å². The van der Waals surface area contributed by atoms with Crippen molar-refractivity contribution in [3.63, 3.8) is 0 Å². The van der Waals surface area contributed by atoms with E-state index in [1.165, 1.54) is 6.26 Å². The zero-order valence-electron chi connectivity index (χ0n) is 8.77. The lowest BCUT2D eigenvalue weighted by atomic mass is 10.1. The number of nitrogen functional groups attached to an aromatic ring is 1. The highest BCUT2D eigenvalue weighted by atomic mass is 32.2. The smallest absolute Gasteiger partial charge is 0.176 e. The number of sulfone groups is 1. The molecule has 0 aliphatic heterocycles. The Balaban J connectivity index is 2.72. The van der Waals surface area contributed by atoms with Crippen LogP contribution in [-0.2, 0) is 9.84 Å². The number of aromatic amines is 1. The molecule has 0 spiro atoms. The Morgan fingerprint density at radius 1 is 1.12 bits per heavy atom. The Hall–Kier alpha value is -1.75. The van der Waals surface area contributed by atoms with Crippen LogP contribution in [0.1, 0.15) is 0 Å². The van der Waals surface area contributed by atoms with E-state index in [2.05, 4.69) is 4.98 Å². The van der Waals surface area contributed by atoms with E-state index in [1.807, 2.05) is 0 Å². The summed E-state index contributed by atoms with van der Waals surface area (Å²) in [5.74, 6) is 0. The molecule has 1 aromatic carbocycles. The summed E-state index contributed by atoms with van der Waals surface area (Å²) in [5.41, 5.74) is 7.63. The maximum atomic E-state index is 11.6. The fourth-order valence-corrected chi connectivity index (χ4v) is 2.52. The molecule has 0 unspecified atom stereocenters. The van der Waals surface area contributed by atoms with Crippen molar-refractivity contribution < 1.29 is 8.42 Å². The second-order valence-corrected chi connectivity index (χ2v) is 5.58. The number of nitrogens with two attached hydrogens (primary N) is 1. The van der Waals surface area contributed by atoms with Gasteiger partial charge in [0.2, 0.25) is 0 Å². The molecule has 0 atom stereocenters. The van der Waals surface area contributed by atoms with Crippen LogP contribution in [-0.4, -0.2) is 19.7 Å². The van der Waals surface area contributed by atoms with E-state index in [9.17, 15) is 8.42 Å². The van der Waals surface area contributed by atoms with Crippen molar-refractivity contribution in [1.29, 1.82) is 0 Å². The third kappa shape index (κ3) is 1.81. The fourth-order valence-electron chi connectivity index (χ4n) is 1.62. The van der Waals surface area contributed by atoms with Crippen LogP contribution in [0, 0.1) is 0 Å². The molecule has 0 fully saturated rings. The Bertz CT molecular complexity index is 614. The number of rotatable bonds is 2. The van der Waals surface area contributed by atoms with Gasteiger partial charge in [-0.3, -0.25) is 0 Å². The predicted octanol–water partition coefficient (Wildman–Crippen LogP) is 1.67. The maximum Gasteiger partial charge on any atom is 0.176 e. The van der Waals surface area contributed by atoms with Crippen LogP contribution in [0.3, 0.4) is 0 Å². The Morgan fingerprint density at radius 3 is 2.38 bits per heavy atom. The summed E-state index contributed by atoms with van der Waals surface area (Å²) in [5, 5.41) is 0. The van der Waals surface area contributed by atoms with E-state index < -0.39 is 9.84 Å². The highest BCUT2D eigenvalue weighted by Crippen LogP contribution is 2.30. The van der Waals surface area contributed by atoms with Crippen LogP contribution in [0.4, 0.5) is 5.69 Å². The SMILES string of the molecule is CS(=O)(=O)c1ccccc1-c1c[nH]cc1N. The average Bonchev–Trinajstić information content (AvgIpc) is 2.63. The molecule has 84 valence electrons. The zero-order valence-corrected chi connectivity index (χ0v) is 9.58. The number of benzene rings is 1. The van der Waals surface area contributed by atoms with Gasteiger partial charge in [-0.15, -0.1) is 0 Å². The molecule has 2 rings (SSSR count). The molecule has 1 heterocycles. The molecule has 0 aliphatic carbocycles. The molecule has 5 heteroatoms. The minimum atomic E-state index is -3.25. The van der Waals surface area contributed by atoms with E-state index in [0.29, 0.717) is 21.7 Å². The molecule has 4 nitrogen and oxygen atoms in total. The van der Waals surface area contributed by atoms with E-state index >= 15 is 0 Å². The normalized spacial score (nSPS) is 11.6. The molecular formula is C11H12N2O2S. The number of nitrogens with one attached hydrogen (secondary N) is 1. The van der Waals surface area contributed by atoms with Crippen LogP contribution in [0.5, 0.6) is 0 Å². The van der Waals surface area contributed by atoms with Gasteiger partial charge in [-0.2, -0.15) is 0 Å². The molecule has 0 saturated carbocycles. The van der Waals surface area contributed by atoms with Crippen molar-refractivity contribution in [3.05, 3.63) is 36.7 Å². The summed E-state index contributed by atoms with van der Waals surface area (Å²) < 4.78 is 23.2. The molecule has 0 aliphatic rings. The van der Waals surface area contributed by atoms with E-state index in [0.717, 1.165) is 0 Å². The van der Waals surface area contributed by atoms with Crippen LogP contribution in [0.25, 0.3) is 11.1 Å². The molecule has 0 radical (unpaired) electrons. The third-order valence-corrected chi connectivity index (χ3v) is 3.51. The minimum Gasteiger partial charge on any atom is -0.397 e. The van der Waals surface area contributed by atoms with Gasteiger partial charge in [0.1, 0.15) is 0 Å². The lowest BCUT2D eigenvalue weighted by Crippen LogP contribution is -2.00. The standard InChI is InChI=1S/C11H12N2O2S/c1-16(14,15)11-5-3-2-4-8(11)9-6-13-7-10(9)12/h2-7,13H,12H2,1H3. The minimum absolute atomic E-state index is 0.293. The van der Waals surface area contributed by atoms with Crippen molar-refractivity contribution in [1.82, 2.24) is 4.98 Å². The summed E-state index contributed by atoms with van der Waals surface area (Å²) in [6, 6.07) is 6.81. The van der Waals surface area contributed by atoms with E-state index in [-0.39, 0.29) is 0 Å². The quantitative estimate of drug-likeness (QED) is 0.832. The first-order valence-electron chi connectivity index (χ1n) is 4.72. The van der Waals surface area contributed by atoms with Crippen molar-refractivity contribution >= 4 is 15.5 Å². The molecule has 3 N–H and O–H groups in total. The van der Waals surface area contributed by atoms with Gasteiger partial charge in [-0.05, 0) is 6.07 Å². The maximum absolute atomic E-state index is 11.6. The lowest BCUT2D eigenvalue weighted by Gasteiger charge is -2.06. The molecule has 0 saturated heterocycles. The molecule has 1 aromatic heterocycles. The number of hydrogen-bond acceptors (Lipinski definition) is 3. The van der Waals surface area contributed by atoms with E-state index in [1.54, 1.807) is 36.7 Å². The Kier molecular flexibility index (Phi) is 2.47. The number of H-pyrrole nitrogens is 1. The summed E-state index contributed by atoms with van der Waals surface area (Å²) in [6.07, 6.45) is 4.52. The first-order valence-corrected chi connectivity index (χ1v) is 6.61. The molecule has 2 aromatic rings. The zero-order chi connectivity index (χ0) is 11.8. The van der Waals surface area contributed by atoms with Crippen molar-refractivity contribution in [2.45, 2.75) is 4.90 Å². The topological polar surface area (TPSA) is 76.0 Å². The van der Waals surface area contributed by atoms with Gasteiger partial charge < -0.3 is 10.7 Å². The monoisotopic (exact) mass is 236 g/mol. The number of anilines is 1. The first-order chi connectivity index (χ1) is 7.50. The largest absolute Gasteiger partial charge is 0.397 e. The average molecular weight is 236 g/mol. The fraction of sp³-hybridized carbons (Fsp3) is 0.0909. The highest BCUT2D eigenvalue weighted by Gasteiger charge is 2.15. The molecule has 16 heavy (non-hydrogen) atoms. The third-order valence-electron chi connectivity index (χ3n) is 2.35. The summed E-state index contributed by atoms with van der Waals surface area (Å²) in [4.78, 5) is 3.15. The van der Waals surface area contributed by atoms with Crippen LogP contribution < -0.4 is 5.73 Å². The van der Waals surface area contributed by atoms with Gasteiger partial charge in [0.05, 0.1) is 10.6 Å². The Labute approximate surface area is 94.0 Å². The van der Waals surface area contributed by atoms with Gasteiger partial charge in [-0.25, -0.2) is 8.42 Å². The second-order valence-electron chi connectivity index (χ2n) is 3.59. The van der Waals surface area contributed by atoms with E-state index in [4.69, 9.17) is 5.73 Å². The van der Waals surface area contributed by atoms with Gasteiger partial charge in [0.15, 0.2) is 9.84 Å². The van der Waals surface area contributed by atoms with Gasteiger partial charge in [0, 0.05) is 29.8 Å². The number of aromatic nitrogens is 1. The van der Waals surface area contributed by atoms with Crippen LogP contribution in [0.15, 0.2) is 41.6 Å². The van der Waals surface area contributed by atoms with Gasteiger partial charge in [-0.1, -0.05) is 18.2 Å². The van der Waals surface area contributed by atoms with Crippen molar-refractivity contribution in [3.8, 4) is 11.1 Å². The molecule has 0 bridgehead atoms. The van der Waals surface area contributed by atoms with Gasteiger partial charge >= 0.3 is 0 Å². The predicted molar refractivity (Wildman–Crippen MR) is 63.8 cm³/mol. The van der Waals surface area contributed by atoms with Gasteiger partial charge in [0.25, 0.3) is 0 Å². The second kappa shape index (κ2) is 3.68.